The minimum absolute atomic E-state index is 0.0537. The third kappa shape index (κ3) is 5.05. The van der Waals surface area contributed by atoms with E-state index in [2.05, 4.69) is 47.9 Å². The lowest BCUT2D eigenvalue weighted by Crippen LogP contribution is -2.33. The Morgan fingerprint density at radius 1 is 0.852 bits per heavy atom. The van der Waals surface area contributed by atoms with Gasteiger partial charge in [0.2, 0.25) is 5.91 Å². The number of carbonyl (C=O) groups is 1. The van der Waals surface area contributed by atoms with E-state index in [-0.39, 0.29) is 5.91 Å². The fourth-order valence-corrected chi connectivity index (χ4v) is 3.01. The Hall–Kier alpha value is -2.91. The molecular formula is C24H26N2O. The topological polar surface area (TPSA) is 41.1 Å². The number of aryl methyl sites for hydroxylation is 3. The van der Waals surface area contributed by atoms with Gasteiger partial charge in [0.1, 0.15) is 6.04 Å². The molecule has 0 aromatic heterocycles. The summed E-state index contributed by atoms with van der Waals surface area (Å²) >= 11 is 0. The number of carbonyl (C=O) groups excluding carboxylic acids is 1. The Bertz CT molecular complexity index is 901. The first-order valence-electron chi connectivity index (χ1n) is 9.25. The average Bonchev–Trinajstić information content (AvgIpc) is 2.67. The Morgan fingerprint density at radius 2 is 1.52 bits per heavy atom. The molecule has 0 bridgehead atoms. The van der Waals surface area contributed by atoms with Crippen LogP contribution in [0.1, 0.15) is 33.9 Å². The Kier molecular flexibility index (Phi) is 6.05. The van der Waals surface area contributed by atoms with Gasteiger partial charge in [-0.2, -0.15) is 0 Å². The summed E-state index contributed by atoms with van der Waals surface area (Å²) in [6.45, 7) is 6.73. The quantitative estimate of drug-likeness (QED) is 0.645. The zero-order valence-corrected chi connectivity index (χ0v) is 16.1. The van der Waals surface area contributed by atoms with Gasteiger partial charge in [-0.1, -0.05) is 72.3 Å². The Labute approximate surface area is 161 Å². The zero-order valence-electron chi connectivity index (χ0n) is 16.1. The van der Waals surface area contributed by atoms with Crippen molar-refractivity contribution >= 4 is 11.6 Å². The molecular weight excluding hydrogens is 332 g/mol. The molecule has 0 heterocycles. The highest BCUT2D eigenvalue weighted by atomic mass is 16.2. The molecule has 0 aliphatic heterocycles. The number of nitrogens with one attached hydrogen (secondary N) is 2. The molecule has 3 heteroatoms. The van der Waals surface area contributed by atoms with Crippen LogP contribution in [0.25, 0.3) is 0 Å². The van der Waals surface area contributed by atoms with E-state index >= 15 is 0 Å². The molecule has 1 atom stereocenters. The summed E-state index contributed by atoms with van der Waals surface area (Å²) in [6, 6.07) is 23.9. The second-order valence-electron chi connectivity index (χ2n) is 7.02. The maximum absolute atomic E-state index is 13.1. The molecule has 2 N–H and O–H groups in total. The normalized spacial score (nSPS) is 11.8. The van der Waals surface area contributed by atoms with Gasteiger partial charge in [0, 0.05) is 12.2 Å². The monoisotopic (exact) mass is 358 g/mol. The molecule has 3 aromatic carbocycles. The summed E-state index contributed by atoms with van der Waals surface area (Å²) < 4.78 is 0. The van der Waals surface area contributed by atoms with E-state index in [0.717, 1.165) is 27.9 Å². The summed E-state index contributed by atoms with van der Waals surface area (Å²) in [5.41, 5.74) is 6.37. The maximum atomic E-state index is 13.1. The van der Waals surface area contributed by atoms with Crippen molar-refractivity contribution in [2.45, 2.75) is 33.4 Å². The van der Waals surface area contributed by atoms with Gasteiger partial charge in [-0.25, -0.2) is 0 Å². The van der Waals surface area contributed by atoms with E-state index in [1.165, 1.54) is 5.56 Å². The Morgan fingerprint density at radius 3 is 2.22 bits per heavy atom. The van der Waals surface area contributed by atoms with Crippen molar-refractivity contribution in [2.24, 2.45) is 0 Å². The molecule has 3 rings (SSSR count). The van der Waals surface area contributed by atoms with Gasteiger partial charge in [-0.3, -0.25) is 10.1 Å². The molecule has 3 nitrogen and oxygen atoms in total. The molecule has 0 radical (unpaired) electrons. The number of anilines is 1. The van der Waals surface area contributed by atoms with E-state index in [1.807, 2.05) is 56.3 Å². The molecule has 1 unspecified atom stereocenters. The molecule has 0 fully saturated rings. The molecule has 138 valence electrons. The average molecular weight is 358 g/mol. The highest BCUT2D eigenvalue weighted by molar-refractivity contribution is 5.96. The van der Waals surface area contributed by atoms with Crippen molar-refractivity contribution in [3.63, 3.8) is 0 Å². The lowest BCUT2D eigenvalue weighted by Gasteiger charge is -2.20. The third-order valence-electron chi connectivity index (χ3n) is 4.68. The van der Waals surface area contributed by atoms with Crippen LogP contribution in [0.4, 0.5) is 5.69 Å². The number of rotatable bonds is 6. The molecule has 0 aliphatic rings. The van der Waals surface area contributed by atoms with Crippen molar-refractivity contribution in [2.75, 3.05) is 5.32 Å². The van der Waals surface area contributed by atoms with Crippen LogP contribution >= 0.6 is 0 Å². The third-order valence-corrected chi connectivity index (χ3v) is 4.68. The SMILES string of the molecule is Cc1ccc(CNC(C(=O)Nc2cc(C)ccc2C)c2ccccc2)cc1. The molecule has 0 saturated carbocycles. The second kappa shape index (κ2) is 8.65. The molecule has 0 spiro atoms. The van der Waals surface area contributed by atoms with Gasteiger partial charge in [0.25, 0.3) is 0 Å². The minimum Gasteiger partial charge on any atom is -0.324 e. The predicted molar refractivity (Wildman–Crippen MR) is 112 cm³/mol. The lowest BCUT2D eigenvalue weighted by molar-refractivity contribution is -0.118. The van der Waals surface area contributed by atoms with Crippen LogP contribution in [0, 0.1) is 20.8 Å². The van der Waals surface area contributed by atoms with Crippen molar-refractivity contribution in [1.82, 2.24) is 5.32 Å². The molecule has 27 heavy (non-hydrogen) atoms. The molecule has 3 aromatic rings. The van der Waals surface area contributed by atoms with Crippen LogP contribution in [0.3, 0.4) is 0 Å². The highest BCUT2D eigenvalue weighted by Crippen LogP contribution is 2.20. The number of benzene rings is 3. The van der Waals surface area contributed by atoms with Crippen molar-refractivity contribution in [1.29, 1.82) is 0 Å². The fraction of sp³-hybridized carbons (Fsp3) is 0.208. The summed E-state index contributed by atoms with van der Waals surface area (Å²) in [5, 5.41) is 6.51. The molecule has 0 saturated heterocycles. The standard InChI is InChI=1S/C24H26N2O/c1-17-10-13-20(14-11-17)16-25-23(21-7-5-4-6-8-21)24(27)26-22-15-18(2)9-12-19(22)3/h4-15,23,25H,16H2,1-3H3,(H,26,27). The first-order chi connectivity index (χ1) is 13.0. The van der Waals surface area contributed by atoms with Gasteiger partial charge >= 0.3 is 0 Å². The molecule has 0 aliphatic carbocycles. The number of hydrogen-bond donors (Lipinski definition) is 2. The summed E-state index contributed by atoms with van der Waals surface area (Å²) in [7, 11) is 0. The van der Waals surface area contributed by atoms with E-state index < -0.39 is 6.04 Å². The van der Waals surface area contributed by atoms with Gasteiger partial charge in [-0.15, -0.1) is 0 Å². The van der Waals surface area contributed by atoms with Gasteiger partial charge in [-0.05, 0) is 49.1 Å². The van der Waals surface area contributed by atoms with Crippen molar-refractivity contribution in [3.05, 3.63) is 101 Å². The minimum atomic E-state index is -0.424. The van der Waals surface area contributed by atoms with E-state index in [4.69, 9.17) is 0 Å². The van der Waals surface area contributed by atoms with Gasteiger partial charge in [0.05, 0.1) is 0 Å². The van der Waals surface area contributed by atoms with Crippen LogP contribution in [0.15, 0.2) is 72.8 Å². The maximum Gasteiger partial charge on any atom is 0.246 e. The highest BCUT2D eigenvalue weighted by Gasteiger charge is 2.20. The molecule has 1 amide bonds. The van der Waals surface area contributed by atoms with Crippen molar-refractivity contribution in [3.8, 4) is 0 Å². The van der Waals surface area contributed by atoms with Crippen LogP contribution < -0.4 is 10.6 Å². The van der Waals surface area contributed by atoms with Crippen molar-refractivity contribution < 1.29 is 4.79 Å². The van der Waals surface area contributed by atoms with Crippen LogP contribution in [0.2, 0.25) is 0 Å². The summed E-state index contributed by atoms with van der Waals surface area (Å²) in [4.78, 5) is 13.1. The van der Waals surface area contributed by atoms with Crippen LogP contribution in [-0.2, 0) is 11.3 Å². The number of hydrogen-bond acceptors (Lipinski definition) is 2. The smallest absolute Gasteiger partial charge is 0.246 e. The lowest BCUT2D eigenvalue weighted by atomic mass is 10.0. The van der Waals surface area contributed by atoms with Gasteiger partial charge in [0.15, 0.2) is 0 Å². The van der Waals surface area contributed by atoms with Crippen LogP contribution in [0.5, 0.6) is 0 Å². The number of amides is 1. The second-order valence-corrected chi connectivity index (χ2v) is 7.02. The van der Waals surface area contributed by atoms with Crippen LogP contribution in [-0.4, -0.2) is 5.91 Å². The largest absolute Gasteiger partial charge is 0.324 e. The summed E-state index contributed by atoms with van der Waals surface area (Å²) in [5.74, 6) is -0.0537. The van der Waals surface area contributed by atoms with E-state index in [9.17, 15) is 4.79 Å². The Balaban J connectivity index is 1.80. The summed E-state index contributed by atoms with van der Waals surface area (Å²) in [6.07, 6.45) is 0. The fourth-order valence-electron chi connectivity index (χ4n) is 3.01. The van der Waals surface area contributed by atoms with E-state index in [1.54, 1.807) is 0 Å². The first-order valence-corrected chi connectivity index (χ1v) is 9.25. The first kappa shape index (κ1) is 18.9. The van der Waals surface area contributed by atoms with E-state index in [0.29, 0.717) is 6.54 Å². The zero-order chi connectivity index (χ0) is 19.2. The van der Waals surface area contributed by atoms with Gasteiger partial charge < -0.3 is 5.32 Å². The predicted octanol–water partition coefficient (Wildman–Crippen LogP) is 5.08.